The van der Waals surface area contributed by atoms with E-state index in [9.17, 15) is 0 Å². The molecule has 1 fully saturated rings. The molecule has 0 unspecified atom stereocenters. The number of hydrogen-bond donors (Lipinski definition) is 2. The van der Waals surface area contributed by atoms with E-state index >= 15 is 0 Å². The first-order valence-corrected chi connectivity index (χ1v) is 7.69. The van der Waals surface area contributed by atoms with Gasteiger partial charge in [0, 0.05) is 25.7 Å². The molecule has 1 saturated carbocycles. The van der Waals surface area contributed by atoms with Crippen molar-refractivity contribution in [2.75, 3.05) is 29.5 Å². The number of nitrogens with two attached hydrogens (primary N) is 1. The Balaban J connectivity index is 2.22. The fourth-order valence-electron chi connectivity index (χ4n) is 2.83. The van der Waals surface area contributed by atoms with Crippen LogP contribution in [0.4, 0.5) is 17.6 Å². The van der Waals surface area contributed by atoms with Crippen LogP contribution in [0.15, 0.2) is 6.07 Å². The summed E-state index contributed by atoms with van der Waals surface area (Å²) < 4.78 is 0. The van der Waals surface area contributed by atoms with Gasteiger partial charge in [-0.3, -0.25) is 0 Å². The van der Waals surface area contributed by atoms with Crippen molar-refractivity contribution >= 4 is 17.6 Å². The van der Waals surface area contributed by atoms with Crippen LogP contribution < -0.4 is 16.0 Å². The van der Waals surface area contributed by atoms with Crippen molar-refractivity contribution in [2.45, 2.75) is 52.0 Å². The van der Waals surface area contributed by atoms with Gasteiger partial charge in [-0.05, 0) is 25.2 Å². The van der Waals surface area contributed by atoms with Crippen LogP contribution in [0.3, 0.4) is 0 Å². The molecule has 0 atom stereocenters. The minimum absolute atomic E-state index is 0.347. The van der Waals surface area contributed by atoms with Crippen LogP contribution in [0.5, 0.6) is 0 Å². The molecular formula is C15H27N5. The van der Waals surface area contributed by atoms with Crippen LogP contribution in [-0.2, 0) is 0 Å². The molecule has 5 heteroatoms. The van der Waals surface area contributed by atoms with E-state index in [-0.39, 0.29) is 0 Å². The van der Waals surface area contributed by atoms with E-state index in [2.05, 4.69) is 34.0 Å². The molecule has 5 nitrogen and oxygen atoms in total. The number of hydrogen-bond acceptors (Lipinski definition) is 5. The zero-order valence-corrected chi connectivity index (χ0v) is 12.9. The summed E-state index contributed by atoms with van der Waals surface area (Å²) in [5.74, 6) is 2.80. The molecule has 1 heterocycles. The van der Waals surface area contributed by atoms with Crippen molar-refractivity contribution in [2.24, 2.45) is 5.92 Å². The van der Waals surface area contributed by atoms with Gasteiger partial charge in [-0.25, -0.2) is 0 Å². The molecule has 3 N–H and O–H groups in total. The average Bonchev–Trinajstić information content (AvgIpc) is 2.92. The number of nitrogens with zero attached hydrogens (tertiary/aromatic N) is 3. The van der Waals surface area contributed by atoms with E-state index in [1.807, 2.05) is 13.1 Å². The molecule has 0 bridgehead atoms. The summed E-state index contributed by atoms with van der Waals surface area (Å²) in [4.78, 5) is 11.1. The van der Waals surface area contributed by atoms with Gasteiger partial charge in [0.1, 0.15) is 11.6 Å². The van der Waals surface area contributed by atoms with E-state index in [0.717, 1.165) is 18.2 Å². The quantitative estimate of drug-likeness (QED) is 0.837. The summed E-state index contributed by atoms with van der Waals surface area (Å²) in [7, 11) is 1.86. The SMILES string of the molecule is CNc1cc(N(CCC(C)C)C2CCCC2)nc(N)n1. The molecule has 0 aromatic carbocycles. The fourth-order valence-corrected chi connectivity index (χ4v) is 2.83. The lowest BCUT2D eigenvalue weighted by atomic mass is 10.1. The van der Waals surface area contributed by atoms with E-state index in [1.54, 1.807) is 0 Å². The third-order valence-electron chi connectivity index (χ3n) is 3.99. The second-order valence-electron chi connectivity index (χ2n) is 6.03. The number of anilines is 3. The predicted octanol–water partition coefficient (Wildman–Crippen LogP) is 2.90. The van der Waals surface area contributed by atoms with E-state index in [0.29, 0.717) is 17.9 Å². The number of nitrogens with one attached hydrogen (secondary N) is 1. The Bertz CT molecular complexity index is 426. The van der Waals surface area contributed by atoms with Crippen LogP contribution in [-0.4, -0.2) is 29.6 Å². The van der Waals surface area contributed by atoms with Gasteiger partial charge in [0.2, 0.25) is 5.95 Å². The maximum atomic E-state index is 5.84. The summed E-state index contributed by atoms with van der Waals surface area (Å²) in [6.45, 7) is 5.57. The molecule has 0 spiro atoms. The molecular weight excluding hydrogens is 250 g/mol. The Morgan fingerprint density at radius 3 is 2.65 bits per heavy atom. The molecule has 20 heavy (non-hydrogen) atoms. The molecule has 1 aliphatic carbocycles. The van der Waals surface area contributed by atoms with Gasteiger partial charge in [0.05, 0.1) is 0 Å². The van der Waals surface area contributed by atoms with Gasteiger partial charge in [0.15, 0.2) is 0 Å². The third-order valence-corrected chi connectivity index (χ3v) is 3.99. The summed E-state index contributed by atoms with van der Waals surface area (Å²) >= 11 is 0. The van der Waals surface area contributed by atoms with E-state index < -0.39 is 0 Å². The first-order valence-electron chi connectivity index (χ1n) is 7.69. The second kappa shape index (κ2) is 6.77. The average molecular weight is 277 g/mol. The third kappa shape index (κ3) is 3.74. The van der Waals surface area contributed by atoms with Crippen LogP contribution in [0.2, 0.25) is 0 Å². The first-order chi connectivity index (χ1) is 9.60. The lowest BCUT2D eigenvalue weighted by Gasteiger charge is -2.31. The summed E-state index contributed by atoms with van der Waals surface area (Å²) in [6.07, 6.45) is 6.34. The van der Waals surface area contributed by atoms with Crippen molar-refractivity contribution in [1.29, 1.82) is 0 Å². The van der Waals surface area contributed by atoms with E-state index in [1.165, 1.54) is 32.1 Å². The molecule has 0 amide bonds. The van der Waals surface area contributed by atoms with Crippen LogP contribution in [0, 0.1) is 5.92 Å². The Hall–Kier alpha value is -1.52. The molecule has 0 radical (unpaired) electrons. The van der Waals surface area contributed by atoms with Gasteiger partial charge in [-0.2, -0.15) is 9.97 Å². The smallest absolute Gasteiger partial charge is 0.223 e. The highest BCUT2D eigenvalue weighted by atomic mass is 15.2. The molecule has 0 saturated heterocycles. The second-order valence-corrected chi connectivity index (χ2v) is 6.03. The lowest BCUT2D eigenvalue weighted by molar-refractivity contribution is 0.525. The summed E-state index contributed by atoms with van der Waals surface area (Å²) in [5, 5.41) is 3.06. The molecule has 1 aliphatic rings. The van der Waals surface area contributed by atoms with Gasteiger partial charge in [-0.1, -0.05) is 26.7 Å². The summed E-state index contributed by atoms with van der Waals surface area (Å²) in [6, 6.07) is 2.61. The minimum Gasteiger partial charge on any atom is -0.373 e. The molecule has 1 aromatic heterocycles. The standard InChI is InChI=1S/C15H27N5/c1-11(2)8-9-20(12-6-4-5-7-12)14-10-13(17-3)18-15(16)19-14/h10-12H,4-9H2,1-3H3,(H3,16,17,18,19). The van der Waals surface area contributed by atoms with Crippen LogP contribution in [0.25, 0.3) is 0 Å². The van der Waals surface area contributed by atoms with Gasteiger partial charge in [-0.15, -0.1) is 0 Å². The van der Waals surface area contributed by atoms with Crippen LogP contribution in [0.1, 0.15) is 46.0 Å². The molecule has 1 aromatic rings. The monoisotopic (exact) mass is 277 g/mol. The zero-order chi connectivity index (χ0) is 14.5. The van der Waals surface area contributed by atoms with Gasteiger partial charge >= 0.3 is 0 Å². The lowest BCUT2D eigenvalue weighted by Crippen LogP contribution is -2.35. The normalized spacial score (nSPS) is 15.8. The largest absolute Gasteiger partial charge is 0.373 e. The molecule has 112 valence electrons. The zero-order valence-electron chi connectivity index (χ0n) is 12.9. The van der Waals surface area contributed by atoms with E-state index in [4.69, 9.17) is 5.73 Å². The highest BCUT2D eigenvalue weighted by Crippen LogP contribution is 2.29. The highest BCUT2D eigenvalue weighted by molar-refractivity contribution is 5.53. The maximum Gasteiger partial charge on any atom is 0.223 e. The topological polar surface area (TPSA) is 67.1 Å². The van der Waals surface area contributed by atoms with Crippen LogP contribution >= 0.6 is 0 Å². The van der Waals surface area contributed by atoms with Gasteiger partial charge in [0.25, 0.3) is 0 Å². The number of aromatic nitrogens is 2. The van der Waals surface area contributed by atoms with Crippen molar-refractivity contribution in [3.63, 3.8) is 0 Å². The minimum atomic E-state index is 0.347. The highest BCUT2D eigenvalue weighted by Gasteiger charge is 2.24. The predicted molar refractivity (Wildman–Crippen MR) is 85.0 cm³/mol. The molecule has 0 aliphatic heterocycles. The van der Waals surface area contributed by atoms with Crippen molar-refractivity contribution in [3.8, 4) is 0 Å². The van der Waals surface area contributed by atoms with Crippen molar-refractivity contribution in [1.82, 2.24) is 9.97 Å². The maximum absolute atomic E-state index is 5.84. The Morgan fingerprint density at radius 2 is 2.05 bits per heavy atom. The number of rotatable bonds is 6. The summed E-state index contributed by atoms with van der Waals surface area (Å²) in [5.41, 5.74) is 5.84. The van der Waals surface area contributed by atoms with Crippen molar-refractivity contribution < 1.29 is 0 Å². The Kier molecular flexibility index (Phi) is 5.04. The van der Waals surface area contributed by atoms with Crippen molar-refractivity contribution in [3.05, 3.63) is 6.07 Å². The number of nitrogen functional groups attached to an aromatic ring is 1. The van der Waals surface area contributed by atoms with Gasteiger partial charge < -0.3 is 16.0 Å². The first kappa shape index (κ1) is 14.9. The molecule has 2 rings (SSSR count). The Morgan fingerprint density at radius 1 is 1.35 bits per heavy atom. The fraction of sp³-hybridized carbons (Fsp3) is 0.733. The Labute approximate surface area is 122 Å².